The van der Waals surface area contributed by atoms with E-state index in [-0.39, 0.29) is 0 Å². The van der Waals surface area contributed by atoms with Gasteiger partial charge in [-0.15, -0.1) is 0 Å². The molecule has 5 nitrogen and oxygen atoms in total. The van der Waals surface area contributed by atoms with Crippen molar-refractivity contribution in [2.24, 2.45) is 10.2 Å². The van der Waals surface area contributed by atoms with E-state index in [9.17, 15) is 0 Å². The second kappa shape index (κ2) is 12.6. The van der Waals surface area contributed by atoms with Crippen LogP contribution in [0.1, 0.15) is 45.4 Å². The van der Waals surface area contributed by atoms with Gasteiger partial charge < -0.3 is 4.74 Å². The molecule has 5 heteroatoms. The van der Waals surface area contributed by atoms with E-state index < -0.39 is 0 Å². The lowest BCUT2D eigenvalue weighted by Gasteiger charge is -2.06. The number of hydrogen-bond acceptors (Lipinski definition) is 3. The molecule has 3 aromatic rings. The van der Waals surface area contributed by atoms with E-state index >= 15 is 0 Å². The van der Waals surface area contributed by atoms with Gasteiger partial charge in [-0.05, 0) is 68.5 Å². The highest BCUT2D eigenvalue weighted by atomic mass is 16.5. The quantitative estimate of drug-likeness (QED) is 0.179. The Balaban J connectivity index is 1.26. The summed E-state index contributed by atoms with van der Waals surface area (Å²) in [6.07, 6.45) is 13.8. The van der Waals surface area contributed by atoms with Gasteiger partial charge in [0.1, 0.15) is 18.1 Å². The fourth-order valence-corrected chi connectivity index (χ4v) is 3.20. The van der Waals surface area contributed by atoms with Crippen LogP contribution in [0.4, 0.5) is 11.4 Å². The maximum Gasteiger partial charge on any atom is 0.243 e. The van der Waals surface area contributed by atoms with Gasteiger partial charge >= 0.3 is 0 Å². The third-order valence-corrected chi connectivity index (χ3v) is 4.97. The van der Waals surface area contributed by atoms with Gasteiger partial charge in [0.25, 0.3) is 0 Å². The lowest BCUT2D eigenvalue weighted by molar-refractivity contribution is -0.696. The third-order valence-electron chi connectivity index (χ3n) is 4.97. The zero-order valence-electron chi connectivity index (χ0n) is 18.0. The van der Waals surface area contributed by atoms with Gasteiger partial charge in [-0.25, -0.2) is 9.13 Å². The predicted molar refractivity (Wildman–Crippen MR) is 121 cm³/mol. The van der Waals surface area contributed by atoms with E-state index in [2.05, 4.69) is 45.0 Å². The summed E-state index contributed by atoms with van der Waals surface area (Å²) in [7, 11) is 0. The molecule has 1 heterocycles. The first-order valence-corrected chi connectivity index (χ1v) is 11.1. The Bertz CT molecular complexity index is 872. The summed E-state index contributed by atoms with van der Waals surface area (Å²) in [4.78, 5) is 0. The Kier molecular flexibility index (Phi) is 9.12. The second-order valence-electron chi connectivity index (χ2n) is 7.53. The topological polar surface area (TPSA) is 42.8 Å². The average Bonchev–Trinajstić information content (AvgIpc) is 3.25. The van der Waals surface area contributed by atoms with E-state index in [1.54, 1.807) is 0 Å². The average molecular weight is 406 g/mol. The zero-order valence-corrected chi connectivity index (χ0v) is 18.0. The van der Waals surface area contributed by atoms with E-state index in [0.717, 1.165) is 43.2 Å². The van der Waals surface area contributed by atoms with E-state index in [0.29, 0.717) is 0 Å². The van der Waals surface area contributed by atoms with Gasteiger partial charge in [0.2, 0.25) is 6.33 Å². The zero-order chi connectivity index (χ0) is 20.9. The number of hydrogen-bond donors (Lipinski definition) is 0. The molecule has 0 spiro atoms. The molecule has 0 aliphatic heterocycles. The Hall–Kier alpha value is -2.95. The molecular weight excluding hydrogens is 372 g/mol. The number of ether oxygens (including phenoxy) is 1. The Morgan fingerprint density at radius 2 is 1.57 bits per heavy atom. The van der Waals surface area contributed by atoms with E-state index in [1.165, 1.54) is 32.1 Å². The number of aryl methyl sites for hydroxylation is 2. The van der Waals surface area contributed by atoms with Crippen LogP contribution in [0, 0.1) is 0 Å². The SMILES string of the molecule is CCCCn1cc[n+](CCCCCCOc2ccc(N=Nc3ccccc3)cc2)c1. The first-order valence-electron chi connectivity index (χ1n) is 11.1. The maximum absolute atomic E-state index is 5.85. The fraction of sp³-hybridized carbons (Fsp3) is 0.400. The molecule has 0 N–H and O–H groups in total. The highest BCUT2D eigenvalue weighted by molar-refractivity contribution is 5.42. The van der Waals surface area contributed by atoms with Crippen LogP contribution in [-0.2, 0) is 13.1 Å². The number of nitrogens with zero attached hydrogens (tertiary/aromatic N) is 4. The van der Waals surface area contributed by atoms with Crippen molar-refractivity contribution in [3.63, 3.8) is 0 Å². The lowest BCUT2D eigenvalue weighted by atomic mass is 10.2. The molecular formula is C25H33N4O+. The van der Waals surface area contributed by atoms with Gasteiger partial charge in [-0.1, -0.05) is 31.5 Å². The highest BCUT2D eigenvalue weighted by Crippen LogP contribution is 2.21. The van der Waals surface area contributed by atoms with Crippen molar-refractivity contribution in [2.75, 3.05) is 6.61 Å². The summed E-state index contributed by atoms with van der Waals surface area (Å²) < 4.78 is 10.4. The summed E-state index contributed by atoms with van der Waals surface area (Å²) in [6.45, 7) is 5.21. The van der Waals surface area contributed by atoms with Gasteiger partial charge in [-0.2, -0.15) is 10.2 Å². The van der Waals surface area contributed by atoms with Crippen molar-refractivity contribution in [1.29, 1.82) is 0 Å². The van der Waals surface area contributed by atoms with Gasteiger partial charge in [0.15, 0.2) is 0 Å². The third kappa shape index (κ3) is 7.82. The smallest absolute Gasteiger partial charge is 0.243 e. The summed E-state index contributed by atoms with van der Waals surface area (Å²) in [6, 6.07) is 17.5. The minimum absolute atomic E-state index is 0.755. The number of unbranched alkanes of at least 4 members (excludes halogenated alkanes) is 4. The van der Waals surface area contributed by atoms with Crippen LogP contribution in [-0.4, -0.2) is 11.2 Å². The molecule has 2 aromatic carbocycles. The molecule has 158 valence electrons. The van der Waals surface area contributed by atoms with Crippen molar-refractivity contribution in [2.45, 2.75) is 58.5 Å². The number of rotatable bonds is 13. The van der Waals surface area contributed by atoms with Crippen LogP contribution < -0.4 is 9.30 Å². The first-order chi connectivity index (χ1) is 14.8. The normalized spacial score (nSPS) is 11.2. The summed E-state index contributed by atoms with van der Waals surface area (Å²) in [5.74, 6) is 0.887. The van der Waals surface area contributed by atoms with Gasteiger partial charge in [-0.3, -0.25) is 0 Å². The van der Waals surface area contributed by atoms with Crippen LogP contribution in [0.3, 0.4) is 0 Å². The summed E-state index contributed by atoms with van der Waals surface area (Å²) in [5.41, 5.74) is 1.68. The second-order valence-corrected chi connectivity index (χ2v) is 7.53. The van der Waals surface area contributed by atoms with Crippen molar-refractivity contribution in [1.82, 2.24) is 4.57 Å². The molecule has 0 bridgehead atoms. The summed E-state index contributed by atoms with van der Waals surface area (Å²) >= 11 is 0. The van der Waals surface area contributed by atoms with Crippen LogP contribution in [0.15, 0.2) is 83.5 Å². The molecule has 30 heavy (non-hydrogen) atoms. The van der Waals surface area contributed by atoms with Gasteiger partial charge in [0, 0.05) is 0 Å². The molecule has 0 saturated heterocycles. The molecule has 3 rings (SSSR count). The van der Waals surface area contributed by atoms with Gasteiger partial charge in [0.05, 0.1) is 31.1 Å². The predicted octanol–water partition coefficient (Wildman–Crippen LogP) is 6.63. The minimum Gasteiger partial charge on any atom is -0.494 e. The van der Waals surface area contributed by atoms with E-state index in [1.807, 2.05) is 54.6 Å². The first kappa shape index (κ1) is 21.8. The van der Waals surface area contributed by atoms with Crippen LogP contribution in [0.5, 0.6) is 5.75 Å². The molecule has 0 atom stereocenters. The monoisotopic (exact) mass is 405 g/mol. The number of aromatic nitrogens is 2. The van der Waals surface area contributed by atoms with Crippen LogP contribution in [0.25, 0.3) is 0 Å². The molecule has 1 aromatic heterocycles. The molecule has 0 radical (unpaired) electrons. The van der Waals surface area contributed by atoms with E-state index in [4.69, 9.17) is 4.74 Å². The standard InChI is InChI=1S/C25H33N4O/c1-2-3-17-28-19-20-29(22-28)18-9-4-5-10-21-30-25-15-13-24(14-16-25)27-26-23-11-7-6-8-12-23/h6-8,11-16,19-20,22H,2-5,9-10,17-18,21H2,1H3/q+1. The summed E-state index contributed by atoms with van der Waals surface area (Å²) in [5, 5.41) is 8.48. The maximum atomic E-state index is 5.85. The van der Waals surface area contributed by atoms with Crippen molar-refractivity contribution < 1.29 is 9.30 Å². The van der Waals surface area contributed by atoms with Crippen LogP contribution in [0.2, 0.25) is 0 Å². The van der Waals surface area contributed by atoms with Crippen molar-refractivity contribution >= 4 is 11.4 Å². The molecule has 0 saturated carbocycles. The van der Waals surface area contributed by atoms with Crippen molar-refractivity contribution in [3.8, 4) is 5.75 Å². The number of imidazole rings is 1. The largest absolute Gasteiger partial charge is 0.494 e. The fourth-order valence-electron chi connectivity index (χ4n) is 3.20. The lowest BCUT2D eigenvalue weighted by Crippen LogP contribution is -2.30. The van der Waals surface area contributed by atoms with Crippen LogP contribution >= 0.6 is 0 Å². The molecule has 0 fully saturated rings. The molecule has 0 amide bonds. The molecule has 0 aliphatic rings. The Morgan fingerprint density at radius 3 is 2.33 bits per heavy atom. The highest BCUT2D eigenvalue weighted by Gasteiger charge is 2.03. The Labute approximate surface area is 180 Å². The Morgan fingerprint density at radius 1 is 0.833 bits per heavy atom. The minimum atomic E-state index is 0.755. The number of benzene rings is 2. The molecule has 0 aliphatic carbocycles. The molecule has 0 unspecified atom stereocenters. The number of azo groups is 1. The van der Waals surface area contributed by atoms with Crippen molar-refractivity contribution in [3.05, 3.63) is 73.3 Å².